The Bertz CT molecular complexity index is 408. The molecule has 0 bridgehead atoms. The van der Waals surface area contributed by atoms with E-state index in [1.807, 2.05) is 4.90 Å². The molecule has 2 nitrogen and oxygen atoms in total. The molecule has 18 heavy (non-hydrogen) atoms. The molecule has 1 heterocycles. The fourth-order valence-corrected chi connectivity index (χ4v) is 2.16. The van der Waals surface area contributed by atoms with E-state index in [4.69, 9.17) is 12.2 Å². The largest absolute Gasteiger partial charge is 0.416 e. The Labute approximate surface area is 109 Å². The number of piperazine rings is 1. The van der Waals surface area contributed by atoms with Crippen LogP contribution in [0.15, 0.2) is 24.3 Å². The molecule has 1 aliphatic rings. The Hall–Kier alpha value is -1.30. The van der Waals surface area contributed by atoms with Crippen LogP contribution in [0.3, 0.4) is 0 Å². The van der Waals surface area contributed by atoms with Crippen LogP contribution in [0.4, 0.5) is 18.9 Å². The fourth-order valence-electron chi connectivity index (χ4n) is 1.95. The molecular formula is C12H13F3N2S. The first-order chi connectivity index (χ1) is 8.50. The van der Waals surface area contributed by atoms with Crippen molar-refractivity contribution >= 4 is 23.4 Å². The first-order valence-corrected chi connectivity index (χ1v) is 6.09. The van der Waals surface area contributed by atoms with Crippen LogP contribution in [0.2, 0.25) is 0 Å². The third kappa shape index (κ3) is 2.93. The zero-order valence-corrected chi connectivity index (χ0v) is 10.5. The second-order valence-corrected chi connectivity index (χ2v) is 4.38. The molecule has 0 saturated carbocycles. The fraction of sp³-hybridized carbons (Fsp3) is 0.417. The second kappa shape index (κ2) is 5.14. The van der Waals surface area contributed by atoms with Gasteiger partial charge in [0.15, 0.2) is 0 Å². The van der Waals surface area contributed by atoms with Crippen LogP contribution in [0.5, 0.6) is 0 Å². The standard InChI is InChI=1S/C12H13F3N2S/c13-12(14,15)10-1-3-11(4-2-10)17-7-5-16(9-18)6-8-17/h1-4,9H,5-8H2. The number of nitrogens with zero attached hydrogens (tertiary/aromatic N) is 2. The third-order valence-electron chi connectivity index (χ3n) is 3.02. The number of alkyl halides is 3. The lowest BCUT2D eigenvalue weighted by Gasteiger charge is -2.35. The average molecular weight is 274 g/mol. The molecule has 0 N–H and O–H groups in total. The molecule has 6 heteroatoms. The smallest absolute Gasteiger partial charge is 0.368 e. The summed E-state index contributed by atoms with van der Waals surface area (Å²) in [5.41, 5.74) is 1.85. The topological polar surface area (TPSA) is 6.48 Å². The lowest BCUT2D eigenvalue weighted by atomic mass is 10.1. The zero-order chi connectivity index (χ0) is 13.2. The van der Waals surface area contributed by atoms with Crippen molar-refractivity contribution < 1.29 is 13.2 Å². The summed E-state index contributed by atoms with van der Waals surface area (Å²) < 4.78 is 37.3. The number of rotatable bonds is 2. The first-order valence-electron chi connectivity index (χ1n) is 5.62. The van der Waals surface area contributed by atoms with Crippen molar-refractivity contribution in [3.05, 3.63) is 29.8 Å². The molecule has 0 radical (unpaired) electrons. The molecule has 0 unspecified atom stereocenters. The Morgan fingerprint density at radius 2 is 1.56 bits per heavy atom. The Balaban J connectivity index is 2.05. The Morgan fingerprint density at radius 3 is 2.00 bits per heavy atom. The number of anilines is 1. The van der Waals surface area contributed by atoms with Gasteiger partial charge in [0.25, 0.3) is 0 Å². The minimum absolute atomic E-state index is 0.608. The van der Waals surface area contributed by atoms with E-state index in [9.17, 15) is 13.2 Å². The zero-order valence-electron chi connectivity index (χ0n) is 9.65. The van der Waals surface area contributed by atoms with Crippen molar-refractivity contribution in [2.75, 3.05) is 31.1 Å². The monoisotopic (exact) mass is 274 g/mol. The SMILES string of the molecule is FC(F)(F)c1ccc(N2CCN(C=S)CC2)cc1. The van der Waals surface area contributed by atoms with Gasteiger partial charge in [-0.05, 0) is 24.3 Å². The molecule has 0 amide bonds. The van der Waals surface area contributed by atoms with Crippen molar-refractivity contribution in [3.8, 4) is 0 Å². The van der Waals surface area contributed by atoms with Gasteiger partial charge in [-0.1, -0.05) is 12.2 Å². The van der Waals surface area contributed by atoms with Gasteiger partial charge >= 0.3 is 6.18 Å². The molecule has 0 aromatic heterocycles. The minimum atomic E-state index is -4.27. The maximum atomic E-state index is 12.4. The highest BCUT2D eigenvalue weighted by Crippen LogP contribution is 2.30. The van der Waals surface area contributed by atoms with Crippen molar-refractivity contribution in [1.82, 2.24) is 4.90 Å². The van der Waals surface area contributed by atoms with E-state index in [0.717, 1.165) is 44.0 Å². The Kier molecular flexibility index (Phi) is 3.75. The van der Waals surface area contributed by atoms with Gasteiger partial charge in [-0.25, -0.2) is 0 Å². The van der Waals surface area contributed by atoms with E-state index in [2.05, 4.69) is 4.90 Å². The summed E-state index contributed by atoms with van der Waals surface area (Å²) >= 11 is 4.84. The third-order valence-corrected chi connectivity index (χ3v) is 3.32. The predicted molar refractivity (Wildman–Crippen MR) is 68.9 cm³/mol. The van der Waals surface area contributed by atoms with Gasteiger partial charge in [0.2, 0.25) is 0 Å². The molecular weight excluding hydrogens is 261 g/mol. The van der Waals surface area contributed by atoms with Gasteiger partial charge < -0.3 is 9.80 Å². The van der Waals surface area contributed by atoms with E-state index < -0.39 is 11.7 Å². The number of halogens is 3. The number of benzene rings is 1. The van der Waals surface area contributed by atoms with Gasteiger partial charge in [0.1, 0.15) is 0 Å². The number of hydrogen-bond donors (Lipinski definition) is 0. The summed E-state index contributed by atoms with van der Waals surface area (Å²) in [6.07, 6.45) is -4.27. The molecule has 1 aliphatic heterocycles. The molecule has 0 aliphatic carbocycles. The summed E-state index contributed by atoms with van der Waals surface area (Å²) in [5.74, 6) is 0. The molecule has 0 atom stereocenters. The molecule has 1 fully saturated rings. The van der Waals surface area contributed by atoms with Crippen molar-refractivity contribution in [2.45, 2.75) is 6.18 Å². The molecule has 98 valence electrons. The summed E-state index contributed by atoms with van der Waals surface area (Å²) in [6, 6.07) is 5.30. The van der Waals surface area contributed by atoms with Gasteiger partial charge in [-0.3, -0.25) is 0 Å². The minimum Gasteiger partial charge on any atom is -0.368 e. The molecule has 2 rings (SSSR count). The van der Waals surface area contributed by atoms with Crippen LogP contribution in [-0.4, -0.2) is 36.6 Å². The van der Waals surface area contributed by atoms with Crippen LogP contribution in [0, 0.1) is 0 Å². The molecule has 1 aromatic rings. The van der Waals surface area contributed by atoms with Crippen LogP contribution in [0.25, 0.3) is 0 Å². The first kappa shape index (κ1) is 13.1. The number of hydrogen-bond acceptors (Lipinski definition) is 2. The molecule has 0 spiro atoms. The molecule has 1 saturated heterocycles. The van der Waals surface area contributed by atoms with Gasteiger partial charge in [0.05, 0.1) is 11.1 Å². The summed E-state index contributed by atoms with van der Waals surface area (Å²) in [7, 11) is 0. The quantitative estimate of drug-likeness (QED) is 0.766. The maximum absolute atomic E-state index is 12.4. The van der Waals surface area contributed by atoms with Crippen LogP contribution in [-0.2, 0) is 6.18 Å². The van der Waals surface area contributed by atoms with Crippen LogP contribution >= 0.6 is 12.2 Å². The molecule has 1 aromatic carbocycles. The lowest BCUT2D eigenvalue weighted by Crippen LogP contribution is -2.45. The normalized spacial score (nSPS) is 16.8. The van der Waals surface area contributed by atoms with Gasteiger partial charge in [-0.15, -0.1) is 0 Å². The van der Waals surface area contributed by atoms with Crippen molar-refractivity contribution in [3.63, 3.8) is 0 Å². The van der Waals surface area contributed by atoms with Gasteiger partial charge in [0, 0.05) is 31.9 Å². The van der Waals surface area contributed by atoms with E-state index in [1.165, 1.54) is 12.1 Å². The van der Waals surface area contributed by atoms with Crippen molar-refractivity contribution in [1.29, 1.82) is 0 Å². The maximum Gasteiger partial charge on any atom is 0.416 e. The lowest BCUT2D eigenvalue weighted by molar-refractivity contribution is -0.137. The summed E-state index contributed by atoms with van der Waals surface area (Å²) in [5, 5.41) is 0. The van der Waals surface area contributed by atoms with Gasteiger partial charge in [-0.2, -0.15) is 13.2 Å². The second-order valence-electron chi connectivity index (χ2n) is 4.17. The van der Waals surface area contributed by atoms with Crippen LogP contribution in [0.1, 0.15) is 5.56 Å². The summed E-state index contributed by atoms with van der Waals surface area (Å²) in [6.45, 7) is 3.17. The highest BCUT2D eigenvalue weighted by molar-refractivity contribution is 7.78. The highest BCUT2D eigenvalue weighted by atomic mass is 32.1. The summed E-state index contributed by atoms with van der Waals surface area (Å²) in [4.78, 5) is 4.09. The Morgan fingerprint density at radius 1 is 1.00 bits per heavy atom. The highest BCUT2D eigenvalue weighted by Gasteiger charge is 2.30. The van der Waals surface area contributed by atoms with E-state index in [-0.39, 0.29) is 0 Å². The van der Waals surface area contributed by atoms with E-state index in [0.29, 0.717) is 0 Å². The van der Waals surface area contributed by atoms with E-state index in [1.54, 1.807) is 5.49 Å². The van der Waals surface area contributed by atoms with Crippen molar-refractivity contribution in [2.24, 2.45) is 0 Å². The predicted octanol–water partition coefficient (Wildman–Crippen LogP) is 2.78. The average Bonchev–Trinajstić information content (AvgIpc) is 2.38. The van der Waals surface area contributed by atoms with Crippen LogP contribution < -0.4 is 4.90 Å². The van der Waals surface area contributed by atoms with E-state index >= 15 is 0 Å². The number of thiocarbonyl (C=S) groups is 1.